The standard InChI is InChI=1S/C30H38N4O6/c1-29(2,32-28(38)39)26(36)31-24(15-18-40-22-13-8-5-9-14-22)25(35)34-17-10-16-30(20-34)23(19-33(3)27(30)37)21-11-6-4-7-12-21/h4-9,11-14,23-24,32H,10,15-20H2,1-3H3,(H,31,36)(H,38,39)/t23-,24+,30-/m0/s1. The fourth-order valence-electron chi connectivity index (χ4n) is 5.85. The molecular formula is C30H38N4O6. The van der Waals surface area contributed by atoms with Crippen molar-refractivity contribution >= 4 is 23.8 Å². The first kappa shape index (κ1) is 28.9. The van der Waals surface area contributed by atoms with Crippen LogP contribution >= 0.6 is 0 Å². The fourth-order valence-corrected chi connectivity index (χ4v) is 5.85. The smallest absolute Gasteiger partial charge is 0.405 e. The number of hydrogen-bond acceptors (Lipinski definition) is 5. The predicted octanol–water partition coefficient (Wildman–Crippen LogP) is 2.85. The summed E-state index contributed by atoms with van der Waals surface area (Å²) < 4.78 is 5.81. The average Bonchev–Trinajstić information content (AvgIpc) is 3.17. The molecular weight excluding hydrogens is 512 g/mol. The molecule has 2 saturated heterocycles. The van der Waals surface area contributed by atoms with Crippen LogP contribution in [0.15, 0.2) is 60.7 Å². The van der Waals surface area contributed by atoms with Crippen molar-refractivity contribution in [3.05, 3.63) is 66.2 Å². The molecule has 0 saturated carbocycles. The van der Waals surface area contributed by atoms with Crippen LogP contribution < -0.4 is 15.4 Å². The lowest BCUT2D eigenvalue weighted by molar-refractivity contribution is -0.146. The van der Waals surface area contributed by atoms with Gasteiger partial charge < -0.3 is 30.3 Å². The van der Waals surface area contributed by atoms with Crippen molar-refractivity contribution in [2.75, 3.05) is 33.3 Å². The molecule has 40 heavy (non-hydrogen) atoms. The van der Waals surface area contributed by atoms with E-state index in [2.05, 4.69) is 10.6 Å². The lowest BCUT2D eigenvalue weighted by Gasteiger charge is -2.43. The normalized spacial score (nSPS) is 21.7. The van der Waals surface area contributed by atoms with Gasteiger partial charge in [0.05, 0.1) is 12.0 Å². The monoisotopic (exact) mass is 550 g/mol. The Labute approximate surface area is 234 Å². The third kappa shape index (κ3) is 6.21. The second-order valence-corrected chi connectivity index (χ2v) is 11.2. The van der Waals surface area contributed by atoms with Crippen molar-refractivity contribution in [2.24, 2.45) is 5.41 Å². The maximum atomic E-state index is 14.0. The van der Waals surface area contributed by atoms with Crippen LogP contribution in [0.4, 0.5) is 4.79 Å². The predicted molar refractivity (Wildman–Crippen MR) is 149 cm³/mol. The summed E-state index contributed by atoms with van der Waals surface area (Å²) >= 11 is 0. The van der Waals surface area contributed by atoms with Crippen LogP contribution in [0, 0.1) is 5.41 Å². The van der Waals surface area contributed by atoms with Crippen molar-refractivity contribution in [1.29, 1.82) is 0 Å². The molecule has 2 aliphatic rings. The third-order valence-corrected chi connectivity index (χ3v) is 7.94. The van der Waals surface area contributed by atoms with Crippen molar-refractivity contribution in [1.82, 2.24) is 20.4 Å². The van der Waals surface area contributed by atoms with E-state index in [4.69, 9.17) is 4.74 Å². The Balaban J connectivity index is 1.55. The van der Waals surface area contributed by atoms with E-state index in [1.807, 2.05) is 48.5 Å². The second kappa shape index (κ2) is 12.0. The van der Waals surface area contributed by atoms with Gasteiger partial charge in [0.15, 0.2) is 0 Å². The molecule has 2 fully saturated rings. The van der Waals surface area contributed by atoms with E-state index in [0.29, 0.717) is 31.7 Å². The van der Waals surface area contributed by atoms with Crippen molar-refractivity contribution in [3.8, 4) is 5.75 Å². The summed E-state index contributed by atoms with van der Waals surface area (Å²) in [7, 11) is 1.80. The summed E-state index contributed by atoms with van der Waals surface area (Å²) in [6.07, 6.45) is 0.150. The Hall–Kier alpha value is -4.08. The van der Waals surface area contributed by atoms with Gasteiger partial charge in [0.2, 0.25) is 17.7 Å². The Bertz CT molecular complexity index is 1220. The highest BCUT2D eigenvalue weighted by Crippen LogP contribution is 2.49. The molecule has 0 unspecified atom stereocenters. The zero-order valence-electron chi connectivity index (χ0n) is 23.3. The number of hydrogen-bond donors (Lipinski definition) is 3. The highest BCUT2D eigenvalue weighted by molar-refractivity contribution is 5.94. The second-order valence-electron chi connectivity index (χ2n) is 11.2. The van der Waals surface area contributed by atoms with E-state index < -0.39 is 29.0 Å². The van der Waals surface area contributed by atoms with Gasteiger partial charge in [0.25, 0.3) is 0 Å². The number of carboxylic acid groups (broad SMARTS) is 1. The van der Waals surface area contributed by atoms with Crippen molar-refractivity contribution in [2.45, 2.75) is 50.6 Å². The van der Waals surface area contributed by atoms with Gasteiger partial charge in [-0.2, -0.15) is 0 Å². The Morgan fingerprint density at radius 1 is 1.10 bits per heavy atom. The van der Waals surface area contributed by atoms with Gasteiger partial charge >= 0.3 is 6.09 Å². The number of nitrogens with one attached hydrogen (secondary N) is 2. The average molecular weight is 551 g/mol. The number of piperidine rings is 1. The highest BCUT2D eigenvalue weighted by atomic mass is 16.5. The van der Waals surface area contributed by atoms with Gasteiger partial charge in [-0.15, -0.1) is 0 Å². The molecule has 2 aromatic carbocycles. The molecule has 4 rings (SSSR count). The number of para-hydroxylation sites is 1. The van der Waals surface area contributed by atoms with Crippen molar-refractivity contribution in [3.63, 3.8) is 0 Å². The van der Waals surface area contributed by atoms with E-state index in [0.717, 1.165) is 5.56 Å². The summed E-state index contributed by atoms with van der Waals surface area (Å²) in [5.74, 6) is -0.341. The highest BCUT2D eigenvalue weighted by Gasteiger charge is 2.55. The molecule has 0 aliphatic carbocycles. The minimum absolute atomic E-state index is 0.0265. The molecule has 3 N–H and O–H groups in total. The van der Waals surface area contributed by atoms with E-state index in [1.54, 1.807) is 29.0 Å². The molecule has 0 aromatic heterocycles. The fraction of sp³-hybridized carbons (Fsp3) is 0.467. The topological polar surface area (TPSA) is 128 Å². The summed E-state index contributed by atoms with van der Waals surface area (Å²) in [6.45, 7) is 4.31. The lowest BCUT2D eigenvalue weighted by atomic mass is 9.69. The molecule has 2 aromatic rings. The van der Waals surface area contributed by atoms with Crippen LogP contribution in [0.3, 0.4) is 0 Å². The molecule has 1 spiro atoms. The molecule has 214 valence electrons. The first-order valence-electron chi connectivity index (χ1n) is 13.6. The minimum atomic E-state index is -1.46. The van der Waals surface area contributed by atoms with E-state index in [9.17, 15) is 24.3 Å². The largest absolute Gasteiger partial charge is 0.494 e. The molecule has 10 heteroatoms. The number of benzene rings is 2. The number of nitrogens with zero attached hydrogens (tertiary/aromatic N) is 2. The number of rotatable bonds is 9. The Kier molecular flexibility index (Phi) is 8.66. The zero-order valence-corrected chi connectivity index (χ0v) is 23.3. The van der Waals surface area contributed by atoms with Gasteiger partial charge in [-0.25, -0.2) is 4.79 Å². The number of likely N-dealkylation sites (tertiary alicyclic amines) is 2. The quantitative estimate of drug-likeness (QED) is 0.441. The molecule has 3 atom stereocenters. The van der Waals surface area contributed by atoms with Gasteiger partial charge in [-0.3, -0.25) is 14.4 Å². The van der Waals surface area contributed by atoms with E-state index in [1.165, 1.54) is 13.8 Å². The van der Waals surface area contributed by atoms with E-state index >= 15 is 0 Å². The van der Waals surface area contributed by atoms with Crippen LogP contribution in [0.5, 0.6) is 5.75 Å². The number of amides is 4. The molecule has 10 nitrogen and oxygen atoms in total. The summed E-state index contributed by atoms with van der Waals surface area (Å²) in [6, 6.07) is 18.1. The zero-order chi connectivity index (χ0) is 28.9. The van der Waals surface area contributed by atoms with Gasteiger partial charge in [-0.1, -0.05) is 48.5 Å². The summed E-state index contributed by atoms with van der Waals surface area (Å²) in [4.78, 5) is 55.3. The van der Waals surface area contributed by atoms with E-state index in [-0.39, 0.29) is 37.3 Å². The number of ether oxygens (including phenoxy) is 1. The number of carbonyl (C=O) groups excluding carboxylic acids is 3. The molecule has 4 amide bonds. The molecule has 0 radical (unpaired) electrons. The summed E-state index contributed by atoms with van der Waals surface area (Å²) in [5.41, 5.74) is -1.14. The van der Waals surface area contributed by atoms with Crippen LogP contribution in [0.25, 0.3) is 0 Å². The maximum Gasteiger partial charge on any atom is 0.405 e. The molecule has 2 aliphatic heterocycles. The Morgan fingerprint density at radius 3 is 2.40 bits per heavy atom. The van der Waals surface area contributed by atoms with Crippen molar-refractivity contribution < 1.29 is 29.0 Å². The van der Waals surface area contributed by atoms with Gasteiger partial charge in [0.1, 0.15) is 17.3 Å². The molecule has 2 heterocycles. The van der Waals surface area contributed by atoms with Crippen LogP contribution in [0.2, 0.25) is 0 Å². The van der Waals surface area contributed by atoms with Gasteiger partial charge in [0, 0.05) is 39.0 Å². The Morgan fingerprint density at radius 2 is 1.75 bits per heavy atom. The van der Waals surface area contributed by atoms with Gasteiger partial charge in [-0.05, 0) is 44.4 Å². The minimum Gasteiger partial charge on any atom is -0.494 e. The van der Waals surface area contributed by atoms with Crippen LogP contribution in [-0.2, 0) is 14.4 Å². The summed E-state index contributed by atoms with van der Waals surface area (Å²) in [5, 5.41) is 14.1. The number of carbonyl (C=O) groups is 4. The molecule has 0 bridgehead atoms. The third-order valence-electron chi connectivity index (χ3n) is 7.94. The maximum absolute atomic E-state index is 14.0. The first-order valence-corrected chi connectivity index (χ1v) is 13.6. The van der Waals surface area contributed by atoms with Crippen LogP contribution in [-0.4, -0.2) is 83.6 Å². The lowest BCUT2D eigenvalue weighted by Crippen LogP contribution is -2.61. The number of likely N-dealkylation sites (N-methyl/N-ethyl adjacent to an activating group) is 1. The van der Waals surface area contributed by atoms with Crippen LogP contribution in [0.1, 0.15) is 44.6 Å². The SMILES string of the molecule is CN1C[C@@H](c2ccccc2)[C@@]2(CCCN(C(=O)[C@@H](CCOc3ccccc3)NC(=O)C(C)(C)NC(=O)O)C2)C1=O. The first-order chi connectivity index (χ1) is 19.0.